The minimum atomic E-state index is -1.08. The second kappa shape index (κ2) is 8.10. The minimum Gasteiger partial charge on any atom is -0.457 e. The summed E-state index contributed by atoms with van der Waals surface area (Å²) in [5.41, 5.74) is 0.452. The third-order valence-corrected chi connectivity index (χ3v) is 4.96. The zero-order valence-electron chi connectivity index (χ0n) is 16.1. The van der Waals surface area contributed by atoms with E-state index >= 15 is 0 Å². The second-order valence-electron chi connectivity index (χ2n) is 7.12. The van der Waals surface area contributed by atoms with Crippen LogP contribution >= 0.6 is 0 Å². The molecule has 1 saturated carbocycles. The van der Waals surface area contributed by atoms with Crippen molar-refractivity contribution in [3.05, 3.63) is 84.4 Å². The van der Waals surface area contributed by atoms with E-state index in [1.165, 1.54) is 0 Å². The van der Waals surface area contributed by atoms with Crippen LogP contribution in [-0.2, 0) is 9.59 Å². The molecule has 1 fully saturated rings. The third-order valence-electron chi connectivity index (χ3n) is 4.96. The molecule has 3 aromatic carbocycles. The molecule has 0 bridgehead atoms. The highest BCUT2D eigenvalue weighted by Crippen LogP contribution is 2.47. The molecule has 2 N–H and O–H groups in total. The number of carbonyl (C=O) groups is 2. The van der Waals surface area contributed by atoms with Gasteiger partial charge in [-0.1, -0.05) is 24.3 Å². The summed E-state index contributed by atoms with van der Waals surface area (Å²) in [4.78, 5) is 25.5. The van der Waals surface area contributed by atoms with Gasteiger partial charge in [0.25, 0.3) is 0 Å². The Morgan fingerprint density at radius 3 is 2.07 bits per heavy atom. The summed E-state index contributed by atoms with van der Waals surface area (Å²) in [5, 5.41) is 14.6. The molecule has 0 saturated heterocycles. The van der Waals surface area contributed by atoms with Gasteiger partial charge in [0.05, 0.1) is 11.6 Å². The van der Waals surface area contributed by atoms with E-state index in [-0.39, 0.29) is 11.8 Å². The Kier molecular flexibility index (Phi) is 5.19. The average molecular weight is 397 g/mol. The van der Waals surface area contributed by atoms with Gasteiger partial charge >= 0.3 is 0 Å². The molecule has 0 aromatic heterocycles. The Morgan fingerprint density at radius 2 is 1.43 bits per heavy atom. The lowest BCUT2D eigenvalue weighted by Gasteiger charge is -2.16. The molecule has 1 aliphatic carbocycles. The van der Waals surface area contributed by atoms with Crippen molar-refractivity contribution in [3.63, 3.8) is 0 Å². The zero-order valence-corrected chi connectivity index (χ0v) is 16.1. The summed E-state index contributed by atoms with van der Waals surface area (Å²) in [7, 11) is 0. The van der Waals surface area contributed by atoms with Gasteiger partial charge in [-0.25, -0.2) is 0 Å². The molecule has 30 heavy (non-hydrogen) atoms. The van der Waals surface area contributed by atoms with Crippen LogP contribution in [-0.4, -0.2) is 11.8 Å². The summed E-state index contributed by atoms with van der Waals surface area (Å²) in [6.07, 6.45) is 0.968. The van der Waals surface area contributed by atoms with Crippen LogP contribution in [0.5, 0.6) is 11.5 Å². The van der Waals surface area contributed by atoms with Crippen LogP contribution in [0.15, 0.2) is 78.9 Å². The normalized spacial score (nSPS) is 13.6. The lowest BCUT2D eigenvalue weighted by Crippen LogP contribution is -2.35. The highest BCUT2D eigenvalue weighted by molar-refractivity contribution is 6.16. The van der Waals surface area contributed by atoms with E-state index in [0.29, 0.717) is 35.5 Å². The molecule has 0 radical (unpaired) electrons. The number of nitrogens with zero attached hydrogens (tertiary/aromatic N) is 1. The van der Waals surface area contributed by atoms with Gasteiger partial charge in [-0.15, -0.1) is 0 Å². The van der Waals surface area contributed by atoms with E-state index in [2.05, 4.69) is 10.6 Å². The third kappa shape index (κ3) is 4.15. The Labute approximate surface area is 174 Å². The number of anilines is 2. The molecule has 1 aliphatic rings. The van der Waals surface area contributed by atoms with Crippen molar-refractivity contribution in [2.45, 2.75) is 12.8 Å². The van der Waals surface area contributed by atoms with Gasteiger partial charge in [0.1, 0.15) is 16.9 Å². The molecule has 0 aliphatic heterocycles. The Bertz CT molecular complexity index is 1110. The number of amides is 2. The number of benzene rings is 3. The number of nitriles is 1. The highest BCUT2D eigenvalue weighted by atomic mass is 16.5. The first kappa shape index (κ1) is 19.2. The summed E-state index contributed by atoms with van der Waals surface area (Å²) < 4.78 is 5.74. The lowest BCUT2D eigenvalue weighted by atomic mass is 10.0. The molecule has 2 amide bonds. The Morgan fingerprint density at radius 1 is 0.800 bits per heavy atom. The van der Waals surface area contributed by atoms with E-state index in [9.17, 15) is 9.59 Å². The molecule has 3 aromatic rings. The standard InChI is InChI=1S/C24H19N3O3/c25-16-17-5-4-6-19(15-17)27-23(29)24(13-14-24)22(28)26-18-9-11-21(12-10-18)30-20-7-2-1-3-8-20/h1-12,15H,13-14H2,(H,26,28)(H,27,29). The lowest BCUT2D eigenvalue weighted by molar-refractivity contribution is -0.131. The molecule has 0 spiro atoms. The van der Waals surface area contributed by atoms with E-state index < -0.39 is 5.41 Å². The van der Waals surface area contributed by atoms with Crippen molar-refractivity contribution >= 4 is 23.2 Å². The van der Waals surface area contributed by atoms with Crippen LogP contribution in [0.1, 0.15) is 18.4 Å². The predicted octanol–water partition coefficient (Wildman–Crippen LogP) is 4.71. The number of rotatable bonds is 6. The van der Waals surface area contributed by atoms with Gasteiger partial charge in [-0.05, 0) is 67.4 Å². The highest BCUT2D eigenvalue weighted by Gasteiger charge is 2.56. The Balaban J connectivity index is 1.39. The molecule has 6 nitrogen and oxygen atoms in total. The van der Waals surface area contributed by atoms with Crippen LogP contribution in [0.3, 0.4) is 0 Å². The molecule has 148 valence electrons. The van der Waals surface area contributed by atoms with E-state index in [4.69, 9.17) is 10.00 Å². The fourth-order valence-electron chi connectivity index (χ4n) is 3.08. The number of para-hydroxylation sites is 1. The topological polar surface area (TPSA) is 91.2 Å². The van der Waals surface area contributed by atoms with Gasteiger partial charge in [0, 0.05) is 11.4 Å². The van der Waals surface area contributed by atoms with Crippen LogP contribution in [0.4, 0.5) is 11.4 Å². The largest absolute Gasteiger partial charge is 0.457 e. The summed E-state index contributed by atoms with van der Waals surface area (Å²) >= 11 is 0. The maximum absolute atomic E-state index is 12.8. The maximum atomic E-state index is 12.8. The SMILES string of the molecule is N#Cc1cccc(NC(=O)C2(C(=O)Nc3ccc(Oc4ccccc4)cc3)CC2)c1. The van der Waals surface area contributed by atoms with Gasteiger partial charge in [-0.2, -0.15) is 5.26 Å². The van der Waals surface area contributed by atoms with Crippen molar-refractivity contribution in [3.8, 4) is 17.6 Å². The molecule has 0 atom stereocenters. The van der Waals surface area contributed by atoms with Crippen LogP contribution < -0.4 is 15.4 Å². The van der Waals surface area contributed by atoms with Gasteiger partial charge in [-0.3, -0.25) is 9.59 Å². The molecular formula is C24H19N3O3. The summed E-state index contributed by atoms with van der Waals surface area (Å²) in [5.74, 6) is 0.672. The first-order chi connectivity index (χ1) is 14.6. The molecular weight excluding hydrogens is 378 g/mol. The molecule has 0 heterocycles. The number of nitrogens with one attached hydrogen (secondary N) is 2. The minimum absolute atomic E-state index is 0.340. The maximum Gasteiger partial charge on any atom is 0.240 e. The van der Waals surface area contributed by atoms with Crippen molar-refractivity contribution < 1.29 is 14.3 Å². The van der Waals surface area contributed by atoms with Crippen LogP contribution in [0, 0.1) is 16.7 Å². The van der Waals surface area contributed by atoms with Gasteiger partial charge < -0.3 is 15.4 Å². The summed E-state index contributed by atoms with van der Waals surface area (Å²) in [6, 6.07) is 25.0. The fourth-order valence-corrected chi connectivity index (χ4v) is 3.08. The fraction of sp³-hybridized carbons (Fsp3) is 0.125. The monoisotopic (exact) mass is 397 g/mol. The second-order valence-corrected chi connectivity index (χ2v) is 7.12. The van der Waals surface area contributed by atoms with Crippen LogP contribution in [0.2, 0.25) is 0 Å². The van der Waals surface area contributed by atoms with E-state index in [1.807, 2.05) is 36.4 Å². The zero-order chi connectivity index (χ0) is 21.0. The predicted molar refractivity (Wildman–Crippen MR) is 113 cm³/mol. The van der Waals surface area contributed by atoms with Crippen molar-refractivity contribution in [2.24, 2.45) is 5.41 Å². The average Bonchev–Trinajstić information content (AvgIpc) is 3.58. The van der Waals surface area contributed by atoms with E-state index in [1.54, 1.807) is 48.5 Å². The van der Waals surface area contributed by atoms with Crippen molar-refractivity contribution in [2.75, 3.05) is 10.6 Å². The number of carbonyl (C=O) groups excluding carboxylic acids is 2. The van der Waals surface area contributed by atoms with E-state index in [0.717, 1.165) is 5.75 Å². The van der Waals surface area contributed by atoms with Crippen LogP contribution in [0.25, 0.3) is 0 Å². The smallest absolute Gasteiger partial charge is 0.240 e. The molecule has 6 heteroatoms. The number of hydrogen-bond acceptors (Lipinski definition) is 4. The molecule has 4 rings (SSSR count). The van der Waals surface area contributed by atoms with Crippen molar-refractivity contribution in [1.29, 1.82) is 5.26 Å². The van der Waals surface area contributed by atoms with Gasteiger partial charge in [0.2, 0.25) is 11.8 Å². The first-order valence-electron chi connectivity index (χ1n) is 9.55. The van der Waals surface area contributed by atoms with Crippen molar-refractivity contribution in [1.82, 2.24) is 0 Å². The number of ether oxygens (including phenoxy) is 1. The quantitative estimate of drug-likeness (QED) is 0.590. The Hall–Kier alpha value is -4.11. The van der Waals surface area contributed by atoms with Gasteiger partial charge in [0.15, 0.2) is 0 Å². The first-order valence-corrected chi connectivity index (χ1v) is 9.55. The number of hydrogen-bond donors (Lipinski definition) is 2. The summed E-state index contributed by atoms with van der Waals surface area (Å²) in [6.45, 7) is 0. The molecule has 0 unspecified atom stereocenters.